The Labute approximate surface area is 193 Å². The highest BCUT2D eigenvalue weighted by Crippen LogP contribution is 2.12. The Morgan fingerprint density at radius 1 is 1.16 bits per heavy atom. The second-order valence-electron chi connectivity index (χ2n) is 7.27. The Hall–Kier alpha value is -3.46. The zero-order valence-electron chi connectivity index (χ0n) is 17.4. The van der Waals surface area contributed by atoms with Gasteiger partial charge in [-0.1, -0.05) is 46.3 Å². The Morgan fingerprint density at radius 3 is 2.66 bits per heavy atom. The summed E-state index contributed by atoms with van der Waals surface area (Å²) in [6, 6.07) is 17.0. The molecule has 0 aliphatic heterocycles. The number of nitrogens with one attached hydrogen (secondary N) is 1. The summed E-state index contributed by atoms with van der Waals surface area (Å²) in [4.78, 5) is 29.5. The second-order valence-corrected chi connectivity index (χ2v) is 8.19. The first-order chi connectivity index (χ1) is 15.5. The van der Waals surface area contributed by atoms with Gasteiger partial charge in [0.15, 0.2) is 11.8 Å². The number of fused-ring (bicyclic) bond motifs is 1. The summed E-state index contributed by atoms with van der Waals surface area (Å²) < 4.78 is 9.78. The van der Waals surface area contributed by atoms with Crippen molar-refractivity contribution < 1.29 is 9.53 Å². The Bertz CT molecular complexity index is 1270. The summed E-state index contributed by atoms with van der Waals surface area (Å²) in [5.41, 5.74) is 1.33. The number of amides is 1. The number of para-hydroxylation sites is 1. The second kappa shape index (κ2) is 9.78. The van der Waals surface area contributed by atoms with Crippen LogP contribution in [0.4, 0.5) is 0 Å². The van der Waals surface area contributed by atoms with Crippen LogP contribution in [0.1, 0.15) is 12.5 Å². The molecule has 0 saturated carbocycles. The van der Waals surface area contributed by atoms with Gasteiger partial charge in [-0.3, -0.25) is 14.2 Å². The molecule has 2 aromatic heterocycles. The molecular weight excluding hydrogens is 474 g/mol. The number of aromatic nitrogens is 4. The molecule has 0 saturated heterocycles. The number of nitrogens with zero attached hydrogens (tertiary/aromatic N) is 4. The molecular formula is C23H22BrN5O3. The molecule has 0 radical (unpaired) electrons. The predicted molar refractivity (Wildman–Crippen MR) is 125 cm³/mol. The van der Waals surface area contributed by atoms with E-state index < -0.39 is 6.10 Å². The van der Waals surface area contributed by atoms with E-state index in [0.717, 1.165) is 10.0 Å². The lowest BCUT2D eigenvalue weighted by Gasteiger charge is -2.14. The van der Waals surface area contributed by atoms with Gasteiger partial charge in [-0.15, -0.1) is 0 Å². The van der Waals surface area contributed by atoms with E-state index in [1.807, 2.05) is 42.5 Å². The van der Waals surface area contributed by atoms with Crippen molar-refractivity contribution in [3.63, 3.8) is 0 Å². The first kappa shape index (κ1) is 21.8. The molecule has 0 fully saturated rings. The van der Waals surface area contributed by atoms with Crippen LogP contribution in [-0.2, 0) is 17.9 Å². The zero-order valence-corrected chi connectivity index (χ0v) is 19.0. The van der Waals surface area contributed by atoms with E-state index in [1.165, 1.54) is 12.5 Å². The van der Waals surface area contributed by atoms with Gasteiger partial charge in [0.1, 0.15) is 17.5 Å². The number of halogens is 1. The summed E-state index contributed by atoms with van der Waals surface area (Å²) in [5, 5.41) is 7.55. The number of hydrogen-bond acceptors (Lipinski definition) is 5. The maximum atomic E-state index is 12.8. The molecule has 1 atom stereocenters. The molecule has 0 spiro atoms. The van der Waals surface area contributed by atoms with Crippen LogP contribution in [0.15, 0.2) is 76.4 Å². The van der Waals surface area contributed by atoms with Gasteiger partial charge < -0.3 is 10.1 Å². The van der Waals surface area contributed by atoms with Crippen LogP contribution in [0.5, 0.6) is 5.75 Å². The van der Waals surface area contributed by atoms with Crippen molar-refractivity contribution in [2.75, 3.05) is 6.54 Å². The van der Waals surface area contributed by atoms with Crippen LogP contribution < -0.4 is 15.6 Å². The highest BCUT2D eigenvalue weighted by Gasteiger charge is 2.15. The normalized spacial score (nSPS) is 11.9. The van der Waals surface area contributed by atoms with E-state index in [2.05, 4.69) is 31.3 Å². The summed E-state index contributed by atoms with van der Waals surface area (Å²) in [7, 11) is 0. The molecule has 1 N–H and O–H groups in total. The van der Waals surface area contributed by atoms with Gasteiger partial charge in [-0.25, -0.2) is 9.67 Å². The number of hydrogen-bond donors (Lipinski definition) is 1. The Kier molecular flexibility index (Phi) is 6.65. The molecule has 0 aliphatic rings. The lowest BCUT2D eigenvalue weighted by atomic mass is 10.2. The molecule has 8 nitrogen and oxygen atoms in total. The van der Waals surface area contributed by atoms with Crippen molar-refractivity contribution in [1.29, 1.82) is 0 Å². The molecule has 0 bridgehead atoms. The smallest absolute Gasteiger partial charge is 0.264 e. The first-order valence-electron chi connectivity index (χ1n) is 10.2. The van der Waals surface area contributed by atoms with Crippen molar-refractivity contribution >= 4 is 32.9 Å². The van der Waals surface area contributed by atoms with Gasteiger partial charge >= 0.3 is 0 Å². The monoisotopic (exact) mass is 495 g/mol. The van der Waals surface area contributed by atoms with Crippen molar-refractivity contribution in [2.24, 2.45) is 0 Å². The van der Waals surface area contributed by atoms with Crippen molar-refractivity contribution in [3.8, 4) is 5.75 Å². The molecule has 2 heterocycles. The third-order valence-electron chi connectivity index (χ3n) is 4.94. The van der Waals surface area contributed by atoms with E-state index in [1.54, 1.807) is 28.3 Å². The van der Waals surface area contributed by atoms with Gasteiger partial charge in [0.2, 0.25) is 0 Å². The van der Waals surface area contributed by atoms with Gasteiger partial charge in [0, 0.05) is 11.0 Å². The van der Waals surface area contributed by atoms with Crippen LogP contribution >= 0.6 is 15.9 Å². The summed E-state index contributed by atoms with van der Waals surface area (Å²) in [5.74, 6) is 0.409. The molecule has 4 rings (SSSR count). The molecule has 0 aliphatic carbocycles. The summed E-state index contributed by atoms with van der Waals surface area (Å²) >= 11 is 3.41. The van der Waals surface area contributed by atoms with E-state index in [4.69, 9.17) is 4.74 Å². The largest absolute Gasteiger partial charge is 0.481 e. The quantitative estimate of drug-likeness (QED) is 0.405. The predicted octanol–water partition coefficient (Wildman–Crippen LogP) is 2.99. The lowest BCUT2D eigenvalue weighted by Crippen LogP contribution is -2.38. The lowest BCUT2D eigenvalue weighted by molar-refractivity contribution is -0.127. The average Bonchev–Trinajstić information content (AvgIpc) is 3.21. The summed E-state index contributed by atoms with van der Waals surface area (Å²) in [6.07, 6.45) is 2.42. The van der Waals surface area contributed by atoms with Crippen LogP contribution in [0.2, 0.25) is 0 Å². The molecule has 1 amide bonds. The third-order valence-corrected chi connectivity index (χ3v) is 5.47. The van der Waals surface area contributed by atoms with E-state index in [9.17, 15) is 9.59 Å². The average molecular weight is 496 g/mol. The van der Waals surface area contributed by atoms with Gasteiger partial charge in [0.05, 0.1) is 19.3 Å². The standard InChI is InChI=1S/C23H22BrN5O3/c1-16(32-19-5-3-2-4-6-19)22(30)25-11-12-29-21-20(13-27-29)23(31)28(15-26-21)14-17-7-9-18(24)10-8-17/h2-10,13,15-16H,11-12,14H2,1H3,(H,25,30). The van der Waals surface area contributed by atoms with Crippen LogP contribution in [0.25, 0.3) is 11.0 Å². The third kappa shape index (κ3) is 5.05. The Balaban J connectivity index is 1.37. The zero-order chi connectivity index (χ0) is 22.5. The fourth-order valence-corrected chi connectivity index (χ4v) is 3.51. The van der Waals surface area contributed by atoms with Gasteiger partial charge in [0.25, 0.3) is 11.5 Å². The van der Waals surface area contributed by atoms with E-state index >= 15 is 0 Å². The highest BCUT2D eigenvalue weighted by molar-refractivity contribution is 9.10. The maximum absolute atomic E-state index is 12.8. The van der Waals surface area contributed by atoms with Gasteiger partial charge in [-0.2, -0.15) is 5.10 Å². The molecule has 164 valence electrons. The van der Waals surface area contributed by atoms with Crippen LogP contribution in [0, 0.1) is 0 Å². The molecule has 2 aromatic carbocycles. The molecule has 4 aromatic rings. The molecule has 9 heteroatoms. The summed E-state index contributed by atoms with van der Waals surface area (Å²) in [6.45, 7) is 2.84. The van der Waals surface area contributed by atoms with Crippen molar-refractivity contribution in [2.45, 2.75) is 26.1 Å². The highest BCUT2D eigenvalue weighted by atomic mass is 79.9. The van der Waals surface area contributed by atoms with E-state index in [-0.39, 0.29) is 11.5 Å². The van der Waals surface area contributed by atoms with Crippen molar-refractivity contribution in [3.05, 3.63) is 87.5 Å². The number of carbonyl (C=O) groups is 1. The minimum atomic E-state index is -0.629. The first-order valence-corrected chi connectivity index (χ1v) is 11.0. The number of carbonyl (C=O) groups excluding carboxylic acids is 1. The molecule has 32 heavy (non-hydrogen) atoms. The Morgan fingerprint density at radius 2 is 1.91 bits per heavy atom. The number of rotatable bonds is 8. The topological polar surface area (TPSA) is 91.0 Å². The number of ether oxygens (including phenoxy) is 1. The minimum Gasteiger partial charge on any atom is -0.481 e. The van der Waals surface area contributed by atoms with Crippen molar-refractivity contribution in [1.82, 2.24) is 24.6 Å². The SMILES string of the molecule is CC(Oc1ccccc1)C(=O)NCCn1ncc2c(=O)n(Cc3ccc(Br)cc3)cnc21. The fourth-order valence-electron chi connectivity index (χ4n) is 3.25. The fraction of sp³-hybridized carbons (Fsp3) is 0.217. The number of benzene rings is 2. The van der Waals surface area contributed by atoms with Crippen LogP contribution in [-0.4, -0.2) is 37.9 Å². The van der Waals surface area contributed by atoms with Gasteiger partial charge in [-0.05, 0) is 36.8 Å². The maximum Gasteiger partial charge on any atom is 0.264 e. The molecule has 1 unspecified atom stereocenters. The van der Waals surface area contributed by atoms with Crippen LogP contribution in [0.3, 0.4) is 0 Å². The minimum absolute atomic E-state index is 0.155. The van der Waals surface area contributed by atoms with E-state index in [0.29, 0.717) is 36.4 Å².